The standard InChI is InChI=1S/C8H9Cl3N2O2/c9-8(10,11)7-12-6(13-15-7)5-1-3-14-4-2-5/h5H,1-4H2. The van der Waals surface area contributed by atoms with Crippen molar-refractivity contribution < 1.29 is 9.26 Å². The summed E-state index contributed by atoms with van der Waals surface area (Å²) in [5.74, 6) is 0.859. The van der Waals surface area contributed by atoms with Crippen LogP contribution in [0.5, 0.6) is 0 Å². The second-order valence-corrected chi connectivity index (χ2v) is 5.62. The first-order valence-electron chi connectivity index (χ1n) is 4.56. The summed E-state index contributed by atoms with van der Waals surface area (Å²) in [6, 6.07) is 0. The van der Waals surface area contributed by atoms with Crippen molar-refractivity contribution in [3.8, 4) is 0 Å². The summed E-state index contributed by atoms with van der Waals surface area (Å²) in [4.78, 5) is 4.08. The van der Waals surface area contributed by atoms with Crippen molar-refractivity contribution in [2.24, 2.45) is 0 Å². The van der Waals surface area contributed by atoms with Crippen molar-refractivity contribution >= 4 is 34.8 Å². The van der Waals surface area contributed by atoms with Crippen LogP contribution in [0.25, 0.3) is 0 Å². The van der Waals surface area contributed by atoms with Crippen LogP contribution in [0.3, 0.4) is 0 Å². The largest absolute Gasteiger partial charge is 0.381 e. The van der Waals surface area contributed by atoms with Crippen molar-refractivity contribution in [2.75, 3.05) is 13.2 Å². The van der Waals surface area contributed by atoms with E-state index >= 15 is 0 Å². The van der Waals surface area contributed by atoms with Crippen LogP contribution in [-0.4, -0.2) is 23.4 Å². The van der Waals surface area contributed by atoms with Crippen LogP contribution in [0.1, 0.15) is 30.5 Å². The van der Waals surface area contributed by atoms with Gasteiger partial charge in [-0.05, 0) is 12.8 Å². The van der Waals surface area contributed by atoms with E-state index in [1.807, 2.05) is 0 Å². The quantitative estimate of drug-likeness (QED) is 0.737. The smallest absolute Gasteiger partial charge is 0.278 e. The fourth-order valence-electron chi connectivity index (χ4n) is 1.47. The molecule has 15 heavy (non-hydrogen) atoms. The number of nitrogens with zero attached hydrogens (tertiary/aromatic N) is 2. The Balaban J connectivity index is 2.12. The maximum Gasteiger partial charge on any atom is 0.278 e. The Morgan fingerprint density at radius 1 is 1.20 bits per heavy atom. The molecule has 1 aromatic heterocycles. The van der Waals surface area contributed by atoms with Crippen LogP contribution < -0.4 is 0 Å². The Morgan fingerprint density at radius 3 is 2.40 bits per heavy atom. The molecule has 0 saturated carbocycles. The van der Waals surface area contributed by atoms with Gasteiger partial charge in [0, 0.05) is 19.1 Å². The minimum absolute atomic E-state index is 0.0222. The topological polar surface area (TPSA) is 48.2 Å². The molecule has 0 unspecified atom stereocenters. The van der Waals surface area contributed by atoms with Gasteiger partial charge in [0.2, 0.25) is 0 Å². The molecule has 0 atom stereocenters. The van der Waals surface area contributed by atoms with Crippen LogP contribution in [0, 0.1) is 0 Å². The molecule has 0 aliphatic carbocycles. The van der Waals surface area contributed by atoms with Crippen molar-refractivity contribution in [3.05, 3.63) is 11.7 Å². The zero-order valence-electron chi connectivity index (χ0n) is 7.75. The molecule has 0 aromatic carbocycles. The lowest BCUT2D eigenvalue weighted by molar-refractivity contribution is 0.0830. The summed E-state index contributed by atoms with van der Waals surface area (Å²) in [6.45, 7) is 1.42. The van der Waals surface area contributed by atoms with Gasteiger partial charge in [-0.2, -0.15) is 4.98 Å². The molecule has 1 fully saturated rings. The minimum Gasteiger partial charge on any atom is -0.381 e. The highest BCUT2D eigenvalue weighted by atomic mass is 35.6. The van der Waals surface area contributed by atoms with E-state index in [4.69, 9.17) is 44.1 Å². The zero-order chi connectivity index (χ0) is 10.9. The molecule has 0 radical (unpaired) electrons. The average Bonchev–Trinajstić information content (AvgIpc) is 2.67. The van der Waals surface area contributed by atoms with E-state index in [1.165, 1.54) is 0 Å². The van der Waals surface area contributed by atoms with E-state index in [-0.39, 0.29) is 11.8 Å². The second-order valence-electron chi connectivity index (χ2n) is 3.34. The van der Waals surface area contributed by atoms with E-state index < -0.39 is 3.79 Å². The highest BCUT2D eigenvalue weighted by molar-refractivity contribution is 6.66. The maximum absolute atomic E-state index is 5.62. The van der Waals surface area contributed by atoms with Gasteiger partial charge in [-0.3, -0.25) is 0 Å². The molecule has 2 heterocycles. The van der Waals surface area contributed by atoms with Crippen molar-refractivity contribution in [1.82, 2.24) is 10.1 Å². The third kappa shape index (κ3) is 2.75. The van der Waals surface area contributed by atoms with Crippen molar-refractivity contribution in [2.45, 2.75) is 22.6 Å². The van der Waals surface area contributed by atoms with Gasteiger partial charge < -0.3 is 9.26 Å². The molecule has 1 aliphatic heterocycles. The van der Waals surface area contributed by atoms with Gasteiger partial charge in [0.05, 0.1) is 0 Å². The summed E-state index contributed by atoms with van der Waals surface area (Å²) < 4.78 is 8.47. The molecule has 0 spiro atoms. The monoisotopic (exact) mass is 270 g/mol. The van der Waals surface area contributed by atoms with Crippen LogP contribution in [0.2, 0.25) is 0 Å². The number of rotatable bonds is 1. The highest BCUT2D eigenvalue weighted by Gasteiger charge is 2.32. The van der Waals surface area contributed by atoms with Gasteiger partial charge in [0.1, 0.15) is 0 Å². The van der Waals surface area contributed by atoms with E-state index in [0.29, 0.717) is 19.0 Å². The number of ether oxygens (including phenoxy) is 1. The first kappa shape index (κ1) is 11.5. The lowest BCUT2D eigenvalue weighted by Gasteiger charge is -2.18. The van der Waals surface area contributed by atoms with E-state index in [9.17, 15) is 0 Å². The lowest BCUT2D eigenvalue weighted by Crippen LogP contribution is -2.15. The molecule has 1 saturated heterocycles. The zero-order valence-corrected chi connectivity index (χ0v) is 10.0. The van der Waals surface area contributed by atoms with Gasteiger partial charge in [0.25, 0.3) is 9.68 Å². The number of alkyl halides is 3. The lowest BCUT2D eigenvalue weighted by atomic mass is 10.00. The molecule has 0 amide bonds. The van der Waals surface area contributed by atoms with E-state index in [0.717, 1.165) is 12.8 Å². The van der Waals surface area contributed by atoms with Crippen molar-refractivity contribution in [3.63, 3.8) is 0 Å². The van der Waals surface area contributed by atoms with Gasteiger partial charge in [-0.15, -0.1) is 0 Å². The third-order valence-corrected chi connectivity index (χ3v) is 2.76. The number of halogens is 3. The first-order valence-corrected chi connectivity index (χ1v) is 5.69. The van der Waals surface area contributed by atoms with Gasteiger partial charge in [0.15, 0.2) is 5.82 Å². The fourth-order valence-corrected chi connectivity index (χ4v) is 1.70. The highest BCUT2D eigenvalue weighted by Crippen LogP contribution is 2.37. The average molecular weight is 272 g/mol. The maximum atomic E-state index is 5.62. The van der Waals surface area contributed by atoms with Gasteiger partial charge in [-0.25, -0.2) is 0 Å². The minimum atomic E-state index is -1.64. The first-order chi connectivity index (χ1) is 7.07. The van der Waals surface area contributed by atoms with Crippen LogP contribution in [0.4, 0.5) is 0 Å². The van der Waals surface area contributed by atoms with Gasteiger partial charge >= 0.3 is 0 Å². The Kier molecular flexibility index (Phi) is 3.40. The summed E-state index contributed by atoms with van der Waals surface area (Å²) in [5.41, 5.74) is 0. The Bertz CT molecular complexity index is 331. The fraction of sp³-hybridized carbons (Fsp3) is 0.750. The predicted molar refractivity (Wildman–Crippen MR) is 56.3 cm³/mol. The molecule has 0 N–H and O–H groups in total. The van der Waals surface area contributed by atoms with Crippen molar-refractivity contribution in [1.29, 1.82) is 0 Å². The number of hydrogen-bond donors (Lipinski definition) is 0. The summed E-state index contributed by atoms with van der Waals surface area (Å²) >= 11 is 16.9. The molecule has 84 valence electrons. The summed E-state index contributed by atoms with van der Waals surface area (Å²) in [6.07, 6.45) is 1.75. The molecule has 1 aromatic rings. The predicted octanol–water partition coefficient (Wildman–Crippen LogP) is 2.79. The molecule has 0 bridgehead atoms. The Hall–Kier alpha value is -0.0300. The normalized spacial score (nSPS) is 19.4. The number of hydrogen-bond acceptors (Lipinski definition) is 4. The third-order valence-electron chi connectivity index (χ3n) is 2.27. The molecule has 4 nitrogen and oxygen atoms in total. The van der Waals surface area contributed by atoms with E-state index in [1.54, 1.807) is 0 Å². The molecule has 1 aliphatic rings. The molecule has 2 rings (SSSR count). The summed E-state index contributed by atoms with van der Waals surface area (Å²) in [5, 5.41) is 3.81. The van der Waals surface area contributed by atoms with Crippen LogP contribution in [0.15, 0.2) is 4.52 Å². The molecular formula is C8H9Cl3N2O2. The van der Waals surface area contributed by atoms with Gasteiger partial charge in [-0.1, -0.05) is 40.0 Å². The Morgan fingerprint density at radius 2 is 1.87 bits per heavy atom. The number of aromatic nitrogens is 2. The van der Waals surface area contributed by atoms with Crippen LogP contribution >= 0.6 is 34.8 Å². The van der Waals surface area contributed by atoms with Crippen LogP contribution in [-0.2, 0) is 8.53 Å². The summed E-state index contributed by atoms with van der Waals surface area (Å²) in [7, 11) is 0. The molecular weight excluding hydrogens is 262 g/mol. The SMILES string of the molecule is ClC(Cl)(Cl)c1nc(C2CCOCC2)no1. The second kappa shape index (κ2) is 4.45. The molecule has 7 heteroatoms. The Labute approximate surface area is 102 Å². The van der Waals surface area contributed by atoms with E-state index in [2.05, 4.69) is 10.1 Å².